The molecule has 2 aliphatic carbocycles. The predicted molar refractivity (Wildman–Crippen MR) is 73.0 cm³/mol. The fourth-order valence-corrected chi connectivity index (χ4v) is 4.04. The minimum Gasteiger partial charge on any atom is -0.384 e. The van der Waals surface area contributed by atoms with Crippen LogP contribution in [0.3, 0.4) is 0 Å². The molecule has 2 unspecified atom stereocenters. The molecule has 1 heteroatoms. The lowest BCUT2D eigenvalue weighted by molar-refractivity contribution is 0.105. The smallest absolute Gasteiger partial charge is 0.0488 e. The van der Waals surface area contributed by atoms with E-state index in [4.69, 9.17) is 4.74 Å². The molecule has 2 aliphatic rings. The summed E-state index contributed by atoms with van der Waals surface area (Å²) in [6.45, 7) is 10.5. The Hall–Kier alpha value is -0.300. The number of hydrogen-bond acceptors (Lipinski definition) is 1. The Morgan fingerprint density at radius 2 is 2.06 bits per heavy atom. The zero-order chi connectivity index (χ0) is 12.7. The van der Waals surface area contributed by atoms with Crippen molar-refractivity contribution in [3.63, 3.8) is 0 Å². The average molecular weight is 236 g/mol. The van der Waals surface area contributed by atoms with Crippen LogP contribution < -0.4 is 0 Å². The summed E-state index contributed by atoms with van der Waals surface area (Å²) >= 11 is 0. The van der Waals surface area contributed by atoms with Crippen LogP contribution in [0.25, 0.3) is 0 Å². The van der Waals surface area contributed by atoms with Gasteiger partial charge in [0.05, 0.1) is 0 Å². The van der Waals surface area contributed by atoms with Crippen molar-refractivity contribution in [2.24, 2.45) is 22.7 Å². The Morgan fingerprint density at radius 1 is 1.41 bits per heavy atom. The van der Waals surface area contributed by atoms with Gasteiger partial charge < -0.3 is 4.74 Å². The van der Waals surface area contributed by atoms with E-state index in [0.29, 0.717) is 16.7 Å². The van der Waals surface area contributed by atoms with Gasteiger partial charge in [-0.3, -0.25) is 0 Å². The van der Waals surface area contributed by atoms with Crippen molar-refractivity contribution in [3.05, 3.63) is 11.6 Å². The van der Waals surface area contributed by atoms with E-state index in [-0.39, 0.29) is 0 Å². The Balaban J connectivity index is 2.03. The summed E-state index contributed by atoms with van der Waals surface area (Å²) in [6, 6.07) is 0. The van der Waals surface area contributed by atoms with Gasteiger partial charge in [0, 0.05) is 13.7 Å². The fourth-order valence-electron chi connectivity index (χ4n) is 4.04. The van der Waals surface area contributed by atoms with E-state index in [9.17, 15) is 0 Å². The summed E-state index contributed by atoms with van der Waals surface area (Å²) in [5.41, 5.74) is 2.66. The first kappa shape index (κ1) is 13.1. The van der Waals surface area contributed by atoms with Crippen LogP contribution in [0.4, 0.5) is 0 Å². The molecule has 0 aromatic rings. The number of ether oxygens (including phenoxy) is 1. The van der Waals surface area contributed by atoms with Crippen LogP contribution in [0, 0.1) is 22.7 Å². The van der Waals surface area contributed by atoms with Crippen molar-refractivity contribution in [1.29, 1.82) is 0 Å². The minimum absolute atomic E-state index is 0.420. The maximum absolute atomic E-state index is 5.30. The van der Waals surface area contributed by atoms with E-state index in [1.807, 2.05) is 7.11 Å². The van der Waals surface area contributed by atoms with E-state index in [2.05, 4.69) is 33.8 Å². The quantitative estimate of drug-likeness (QED) is 0.642. The zero-order valence-electron chi connectivity index (χ0n) is 12.2. The molecule has 0 spiro atoms. The van der Waals surface area contributed by atoms with Gasteiger partial charge in [0.1, 0.15) is 0 Å². The molecule has 17 heavy (non-hydrogen) atoms. The minimum atomic E-state index is 0.420. The van der Waals surface area contributed by atoms with Gasteiger partial charge in [0.15, 0.2) is 0 Å². The normalized spacial score (nSPS) is 31.1. The van der Waals surface area contributed by atoms with E-state index < -0.39 is 0 Å². The van der Waals surface area contributed by atoms with Gasteiger partial charge in [-0.15, -0.1) is 0 Å². The van der Waals surface area contributed by atoms with Gasteiger partial charge in [0.2, 0.25) is 0 Å². The van der Waals surface area contributed by atoms with Crippen molar-refractivity contribution in [3.8, 4) is 0 Å². The second-order valence-electron chi connectivity index (χ2n) is 7.02. The average Bonchev–Trinajstić information content (AvgIpc) is 2.92. The molecular formula is C16H28O. The number of rotatable bonds is 5. The first-order valence-corrected chi connectivity index (χ1v) is 7.08. The SMILES string of the molecule is COCC(C)CC1(C2CC=C(C)C2(C)C)CC1. The molecule has 0 radical (unpaired) electrons. The summed E-state index contributed by atoms with van der Waals surface area (Å²) in [5.74, 6) is 1.58. The highest BCUT2D eigenvalue weighted by molar-refractivity contribution is 5.23. The molecule has 0 aromatic carbocycles. The van der Waals surface area contributed by atoms with Crippen LogP contribution >= 0.6 is 0 Å². The first-order chi connectivity index (χ1) is 7.92. The third-order valence-corrected chi connectivity index (χ3v) is 5.38. The molecule has 1 saturated carbocycles. The molecule has 0 aromatic heterocycles. The van der Waals surface area contributed by atoms with Crippen LogP contribution in [-0.2, 0) is 4.74 Å². The third kappa shape index (κ3) is 2.31. The summed E-state index contributed by atoms with van der Waals surface area (Å²) in [7, 11) is 1.82. The summed E-state index contributed by atoms with van der Waals surface area (Å²) < 4.78 is 5.30. The molecule has 2 atom stereocenters. The molecule has 0 saturated heterocycles. The lowest BCUT2D eigenvalue weighted by atomic mass is 9.67. The van der Waals surface area contributed by atoms with Gasteiger partial charge in [-0.05, 0) is 55.3 Å². The van der Waals surface area contributed by atoms with E-state index in [1.54, 1.807) is 5.57 Å². The summed E-state index contributed by atoms with van der Waals surface area (Å²) in [4.78, 5) is 0. The highest BCUT2D eigenvalue weighted by Gasteiger charge is 2.55. The maximum atomic E-state index is 5.30. The Bertz CT molecular complexity index is 309. The Morgan fingerprint density at radius 3 is 2.47 bits per heavy atom. The Labute approximate surface area is 107 Å². The number of allylic oxidation sites excluding steroid dienone is 2. The zero-order valence-corrected chi connectivity index (χ0v) is 12.2. The molecule has 1 nitrogen and oxygen atoms in total. The molecule has 98 valence electrons. The lowest BCUT2D eigenvalue weighted by Gasteiger charge is -2.37. The van der Waals surface area contributed by atoms with Crippen LogP contribution in [-0.4, -0.2) is 13.7 Å². The molecule has 0 bridgehead atoms. The number of hydrogen-bond donors (Lipinski definition) is 0. The van der Waals surface area contributed by atoms with Crippen LogP contribution in [0.5, 0.6) is 0 Å². The topological polar surface area (TPSA) is 9.23 Å². The van der Waals surface area contributed by atoms with Gasteiger partial charge in [-0.2, -0.15) is 0 Å². The van der Waals surface area contributed by atoms with E-state index in [1.165, 1.54) is 25.7 Å². The molecule has 2 rings (SSSR count). The molecule has 0 N–H and O–H groups in total. The predicted octanol–water partition coefficient (Wildman–Crippen LogP) is 4.43. The number of methoxy groups -OCH3 is 1. The van der Waals surface area contributed by atoms with Gasteiger partial charge >= 0.3 is 0 Å². The van der Waals surface area contributed by atoms with Gasteiger partial charge in [-0.25, -0.2) is 0 Å². The first-order valence-electron chi connectivity index (χ1n) is 7.08. The Kier molecular flexibility index (Phi) is 3.42. The lowest BCUT2D eigenvalue weighted by Crippen LogP contribution is -2.30. The maximum Gasteiger partial charge on any atom is 0.0488 e. The molecular weight excluding hydrogens is 208 g/mol. The molecule has 0 amide bonds. The fraction of sp³-hybridized carbons (Fsp3) is 0.875. The largest absolute Gasteiger partial charge is 0.384 e. The van der Waals surface area contributed by atoms with Crippen molar-refractivity contribution < 1.29 is 4.74 Å². The highest BCUT2D eigenvalue weighted by Crippen LogP contribution is 2.65. The summed E-state index contributed by atoms with van der Waals surface area (Å²) in [6.07, 6.45) is 8.02. The molecule has 0 aliphatic heterocycles. The van der Waals surface area contributed by atoms with Crippen LogP contribution in [0.1, 0.15) is 53.4 Å². The van der Waals surface area contributed by atoms with Crippen LogP contribution in [0.15, 0.2) is 11.6 Å². The van der Waals surface area contributed by atoms with Crippen molar-refractivity contribution in [2.75, 3.05) is 13.7 Å². The highest BCUT2D eigenvalue weighted by atomic mass is 16.5. The molecule has 1 fully saturated rings. The molecule has 0 heterocycles. The standard InChI is InChI=1S/C16H28O/c1-12(11-17-5)10-16(8-9-16)14-7-6-13(2)15(14,3)4/h6,12,14H,7-11H2,1-5H3. The van der Waals surface area contributed by atoms with E-state index >= 15 is 0 Å². The summed E-state index contributed by atoms with van der Waals surface area (Å²) in [5, 5.41) is 0. The monoisotopic (exact) mass is 236 g/mol. The van der Waals surface area contributed by atoms with Gasteiger partial charge in [0.25, 0.3) is 0 Å². The van der Waals surface area contributed by atoms with Gasteiger partial charge in [-0.1, -0.05) is 32.4 Å². The van der Waals surface area contributed by atoms with Crippen molar-refractivity contribution in [1.82, 2.24) is 0 Å². The van der Waals surface area contributed by atoms with E-state index in [0.717, 1.165) is 12.5 Å². The second kappa shape index (κ2) is 4.42. The second-order valence-corrected chi connectivity index (χ2v) is 7.02. The van der Waals surface area contributed by atoms with Crippen LogP contribution in [0.2, 0.25) is 0 Å². The third-order valence-electron chi connectivity index (χ3n) is 5.38. The van der Waals surface area contributed by atoms with Crippen molar-refractivity contribution >= 4 is 0 Å². The van der Waals surface area contributed by atoms with Crippen molar-refractivity contribution in [2.45, 2.75) is 53.4 Å².